The molecule has 1 aromatic rings. The Labute approximate surface area is 139 Å². The summed E-state index contributed by atoms with van der Waals surface area (Å²) in [4.78, 5) is 17.4. The fourth-order valence-corrected chi connectivity index (χ4v) is 4.78. The molecule has 1 spiro atoms. The van der Waals surface area contributed by atoms with Gasteiger partial charge >= 0.3 is 0 Å². The fourth-order valence-electron chi connectivity index (χ4n) is 4.78. The Hall–Kier alpha value is -1.35. The van der Waals surface area contributed by atoms with Crippen LogP contribution in [0, 0.1) is 12.3 Å². The van der Waals surface area contributed by atoms with Gasteiger partial charge in [-0.25, -0.2) is 0 Å². The molecule has 2 heterocycles. The van der Waals surface area contributed by atoms with E-state index in [1.165, 1.54) is 57.2 Å². The number of hydrogen-bond donors (Lipinski definition) is 0. The normalized spacial score (nSPS) is 24.8. The largest absolute Gasteiger partial charge is 0.339 e. The van der Waals surface area contributed by atoms with Crippen molar-refractivity contribution >= 4 is 5.91 Å². The minimum atomic E-state index is 0.218. The molecule has 23 heavy (non-hydrogen) atoms. The number of carbonyl (C=O) groups is 1. The molecule has 4 rings (SSSR count). The maximum Gasteiger partial charge on any atom is 0.253 e. The zero-order valence-electron chi connectivity index (χ0n) is 14.3. The number of piperidine rings is 1. The predicted molar refractivity (Wildman–Crippen MR) is 92.6 cm³/mol. The van der Waals surface area contributed by atoms with Crippen LogP contribution in [0.2, 0.25) is 0 Å². The van der Waals surface area contributed by atoms with Crippen molar-refractivity contribution < 1.29 is 4.79 Å². The number of aryl methyl sites for hydroxylation is 1. The molecule has 2 aliphatic heterocycles. The van der Waals surface area contributed by atoms with Crippen LogP contribution in [-0.4, -0.2) is 47.9 Å². The third kappa shape index (κ3) is 2.91. The number of benzene rings is 1. The van der Waals surface area contributed by atoms with Gasteiger partial charge < -0.3 is 9.80 Å². The lowest BCUT2D eigenvalue weighted by atomic mass is 9.60. The smallest absolute Gasteiger partial charge is 0.253 e. The van der Waals surface area contributed by atoms with Gasteiger partial charge in [0.05, 0.1) is 0 Å². The molecule has 3 aliphatic rings. The lowest BCUT2D eigenvalue weighted by Crippen LogP contribution is -2.55. The minimum absolute atomic E-state index is 0.218. The van der Waals surface area contributed by atoms with Crippen molar-refractivity contribution in [1.29, 1.82) is 0 Å². The third-order valence-corrected chi connectivity index (χ3v) is 6.40. The number of amides is 1. The Morgan fingerprint density at radius 3 is 2.22 bits per heavy atom. The van der Waals surface area contributed by atoms with Gasteiger partial charge in [-0.15, -0.1) is 0 Å². The summed E-state index contributed by atoms with van der Waals surface area (Å²) in [5.74, 6) is 0.218. The molecule has 0 unspecified atom stereocenters. The van der Waals surface area contributed by atoms with Gasteiger partial charge in [-0.1, -0.05) is 17.7 Å². The van der Waals surface area contributed by atoms with Crippen LogP contribution in [-0.2, 0) is 0 Å². The molecule has 124 valence electrons. The van der Waals surface area contributed by atoms with Crippen LogP contribution in [0.1, 0.15) is 54.4 Å². The Morgan fingerprint density at radius 1 is 1.00 bits per heavy atom. The van der Waals surface area contributed by atoms with Crippen molar-refractivity contribution in [3.05, 3.63) is 35.4 Å². The second kappa shape index (κ2) is 5.94. The molecule has 2 saturated heterocycles. The maximum absolute atomic E-state index is 12.6. The van der Waals surface area contributed by atoms with E-state index >= 15 is 0 Å². The monoisotopic (exact) mass is 312 g/mol. The van der Waals surface area contributed by atoms with E-state index in [0.29, 0.717) is 5.41 Å². The quantitative estimate of drug-likeness (QED) is 0.835. The van der Waals surface area contributed by atoms with Crippen molar-refractivity contribution in [3.63, 3.8) is 0 Å². The highest BCUT2D eigenvalue weighted by Crippen LogP contribution is 2.51. The highest BCUT2D eigenvalue weighted by Gasteiger charge is 2.48. The van der Waals surface area contributed by atoms with Gasteiger partial charge in [0.1, 0.15) is 0 Å². The summed E-state index contributed by atoms with van der Waals surface area (Å²) in [6.45, 7) is 6.59. The van der Waals surface area contributed by atoms with Crippen molar-refractivity contribution in [2.24, 2.45) is 5.41 Å². The van der Waals surface area contributed by atoms with Crippen LogP contribution in [0.25, 0.3) is 0 Å². The van der Waals surface area contributed by atoms with Crippen LogP contribution >= 0.6 is 0 Å². The van der Waals surface area contributed by atoms with Crippen molar-refractivity contribution in [3.8, 4) is 0 Å². The third-order valence-electron chi connectivity index (χ3n) is 6.40. The molecule has 0 radical (unpaired) electrons. The first-order chi connectivity index (χ1) is 11.2. The number of hydrogen-bond acceptors (Lipinski definition) is 2. The van der Waals surface area contributed by atoms with Gasteiger partial charge in [-0.05, 0) is 76.1 Å². The molecule has 0 bridgehead atoms. The van der Waals surface area contributed by atoms with Crippen LogP contribution in [0.5, 0.6) is 0 Å². The van der Waals surface area contributed by atoms with E-state index in [1.807, 2.05) is 24.3 Å². The van der Waals surface area contributed by atoms with Gasteiger partial charge in [0.15, 0.2) is 0 Å². The maximum atomic E-state index is 12.6. The lowest BCUT2D eigenvalue weighted by molar-refractivity contribution is -0.0311. The summed E-state index contributed by atoms with van der Waals surface area (Å²) >= 11 is 0. The van der Waals surface area contributed by atoms with Crippen molar-refractivity contribution in [2.75, 3.05) is 26.2 Å². The molecule has 1 aliphatic carbocycles. The van der Waals surface area contributed by atoms with Gasteiger partial charge in [-0.2, -0.15) is 0 Å². The van der Waals surface area contributed by atoms with Crippen molar-refractivity contribution in [1.82, 2.24) is 9.80 Å². The summed E-state index contributed by atoms with van der Waals surface area (Å²) in [6.07, 6.45) is 7.94. The number of nitrogens with zero attached hydrogens (tertiary/aromatic N) is 2. The summed E-state index contributed by atoms with van der Waals surface area (Å²) in [5.41, 5.74) is 2.61. The SMILES string of the molecule is Cc1ccc(C(=O)N2CCC3(CC2)CC(N2CCCC2)C3)cc1. The fraction of sp³-hybridized carbons (Fsp3) is 0.650. The second-order valence-corrected chi connectivity index (χ2v) is 7.96. The van der Waals surface area contributed by atoms with E-state index in [9.17, 15) is 4.79 Å². The van der Waals surface area contributed by atoms with E-state index in [1.54, 1.807) is 0 Å². The molecule has 1 saturated carbocycles. The van der Waals surface area contributed by atoms with E-state index in [4.69, 9.17) is 0 Å². The minimum Gasteiger partial charge on any atom is -0.339 e. The predicted octanol–water partition coefficient (Wildman–Crippen LogP) is 3.48. The summed E-state index contributed by atoms with van der Waals surface area (Å²) in [7, 11) is 0. The van der Waals surface area contributed by atoms with E-state index < -0.39 is 0 Å². The number of carbonyl (C=O) groups excluding carboxylic acids is 1. The van der Waals surface area contributed by atoms with E-state index in [-0.39, 0.29) is 5.91 Å². The molecule has 3 nitrogen and oxygen atoms in total. The standard InChI is InChI=1S/C20H28N2O/c1-16-4-6-17(7-5-16)19(23)22-12-8-20(9-13-22)14-18(15-20)21-10-2-3-11-21/h4-7,18H,2-3,8-15H2,1H3. The molecule has 3 fully saturated rings. The van der Waals surface area contributed by atoms with Gasteiger partial charge in [-0.3, -0.25) is 4.79 Å². The van der Waals surface area contributed by atoms with Crippen LogP contribution in [0.15, 0.2) is 24.3 Å². The molecule has 1 aromatic carbocycles. The average Bonchev–Trinajstić information content (AvgIpc) is 3.07. The average molecular weight is 312 g/mol. The van der Waals surface area contributed by atoms with E-state index in [2.05, 4.69) is 16.7 Å². The molecular weight excluding hydrogens is 284 g/mol. The van der Waals surface area contributed by atoms with Crippen LogP contribution in [0.4, 0.5) is 0 Å². The van der Waals surface area contributed by atoms with Crippen LogP contribution in [0.3, 0.4) is 0 Å². The lowest BCUT2D eigenvalue weighted by Gasteiger charge is -2.54. The second-order valence-electron chi connectivity index (χ2n) is 7.96. The van der Waals surface area contributed by atoms with Gasteiger partial charge in [0.25, 0.3) is 5.91 Å². The highest BCUT2D eigenvalue weighted by atomic mass is 16.2. The Balaban J connectivity index is 1.31. The van der Waals surface area contributed by atoms with Crippen LogP contribution < -0.4 is 0 Å². The first-order valence-electron chi connectivity index (χ1n) is 9.25. The number of likely N-dealkylation sites (tertiary alicyclic amines) is 2. The zero-order chi connectivity index (χ0) is 15.9. The summed E-state index contributed by atoms with van der Waals surface area (Å²) < 4.78 is 0. The summed E-state index contributed by atoms with van der Waals surface area (Å²) in [5, 5.41) is 0. The molecular formula is C20H28N2O. The Bertz CT molecular complexity index is 558. The topological polar surface area (TPSA) is 23.6 Å². The molecule has 0 atom stereocenters. The Morgan fingerprint density at radius 2 is 1.61 bits per heavy atom. The Kier molecular flexibility index (Phi) is 3.92. The van der Waals surface area contributed by atoms with Crippen molar-refractivity contribution in [2.45, 2.75) is 51.5 Å². The molecule has 1 amide bonds. The molecule has 0 N–H and O–H groups in total. The van der Waals surface area contributed by atoms with Gasteiger partial charge in [0.2, 0.25) is 0 Å². The summed E-state index contributed by atoms with van der Waals surface area (Å²) in [6, 6.07) is 8.84. The first-order valence-corrected chi connectivity index (χ1v) is 9.25. The molecule has 0 aromatic heterocycles. The first kappa shape index (κ1) is 15.2. The highest BCUT2D eigenvalue weighted by molar-refractivity contribution is 5.94. The van der Waals surface area contributed by atoms with E-state index in [0.717, 1.165) is 24.7 Å². The van der Waals surface area contributed by atoms with Gasteiger partial charge in [0, 0.05) is 24.7 Å². The number of rotatable bonds is 2. The zero-order valence-corrected chi connectivity index (χ0v) is 14.3. The molecule has 3 heteroatoms.